The van der Waals surface area contributed by atoms with Gasteiger partial charge in [0.1, 0.15) is 11.3 Å². The third kappa shape index (κ3) is 5.03. The zero-order chi connectivity index (χ0) is 22.7. The number of rotatable bonds is 7. The van der Waals surface area contributed by atoms with Crippen molar-refractivity contribution in [1.29, 1.82) is 0 Å². The summed E-state index contributed by atoms with van der Waals surface area (Å²) in [6.45, 7) is 6.87. The number of hydrogen-bond donors (Lipinski definition) is 2. The number of carbonyl (C=O) groups is 1. The predicted molar refractivity (Wildman–Crippen MR) is 126 cm³/mol. The summed E-state index contributed by atoms with van der Waals surface area (Å²) in [5, 5.41) is 11.3. The van der Waals surface area contributed by atoms with Crippen molar-refractivity contribution in [3.63, 3.8) is 0 Å². The summed E-state index contributed by atoms with van der Waals surface area (Å²) in [5.41, 5.74) is 4.91. The van der Waals surface area contributed by atoms with Crippen molar-refractivity contribution >= 4 is 40.2 Å². The molecule has 0 saturated carbocycles. The van der Waals surface area contributed by atoms with Crippen molar-refractivity contribution in [3.8, 4) is 0 Å². The molecular weight excluding hydrogens is 426 g/mol. The maximum absolute atomic E-state index is 12.4. The SMILES string of the molecule is CCn1cc2ncc(N[C@@H](C)c3cc(NC(=O)Cc4ccc(Cl)cn4)ccc3C)nc2n1. The predicted octanol–water partition coefficient (Wildman–Crippen LogP) is 4.56. The van der Waals surface area contributed by atoms with Gasteiger partial charge in [-0.2, -0.15) is 5.10 Å². The second kappa shape index (κ2) is 9.32. The van der Waals surface area contributed by atoms with Crippen LogP contribution in [0, 0.1) is 6.92 Å². The van der Waals surface area contributed by atoms with Crippen LogP contribution in [0.4, 0.5) is 11.5 Å². The van der Waals surface area contributed by atoms with E-state index in [1.165, 1.54) is 6.20 Å². The number of fused-ring (bicyclic) bond motifs is 1. The molecule has 4 aromatic rings. The summed E-state index contributed by atoms with van der Waals surface area (Å²) in [5.74, 6) is 0.507. The number of nitrogens with zero attached hydrogens (tertiary/aromatic N) is 5. The fraction of sp³-hybridized carbons (Fsp3) is 0.261. The molecule has 4 rings (SSSR count). The fourth-order valence-corrected chi connectivity index (χ4v) is 3.55. The first-order chi connectivity index (χ1) is 15.4. The molecule has 0 fully saturated rings. The minimum atomic E-state index is -0.141. The number of aryl methyl sites for hydroxylation is 2. The number of nitrogens with one attached hydrogen (secondary N) is 2. The molecule has 1 atom stereocenters. The average Bonchev–Trinajstić information content (AvgIpc) is 3.19. The third-order valence-corrected chi connectivity index (χ3v) is 5.35. The van der Waals surface area contributed by atoms with Crippen LogP contribution >= 0.6 is 11.6 Å². The maximum atomic E-state index is 12.4. The van der Waals surface area contributed by atoms with Crippen LogP contribution in [0.3, 0.4) is 0 Å². The molecule has 9 heteroatoms. The van der Waals surface area contributed by atoms with E-state index >= 15 is 0 Å². The summed E-state index contributed by atoms with van der Waals surface area (Å²) in [4.78, 5) is 25.6. The monoisotopic (exact) mass is 449 g/mol. The lowest BCUT2D eigenvalue weighted by atomic mass is 10.0. The second-order valence-corrected chi connectivity index (χ2v) is 8.02. The first kappa shape index (κ1) is 21.7. The third-order valence-electron chi connectivity index (χ3n) is 5.12. The summed E-state index contributed by atoms with van der Waals surface area (Å²) in [6.07, 6.45) is 5.30. The molecule has 1 amide bonds. The normalized spacial score (nSPS) is 12.0. The van der Waals surface area contributed by atoms with E-state index in [9.17, 15) is 4.79 Å². The molecule has 0 saturated heterocycles. The number of halogens is 1. The number of anilines is 2. The zero-order valence-corrected chi connectivity index (χ0v) is 18.9. The van der Waals surface area contributed by atoms with Gasteiger partial charge in [-0.05, 0) is 56.2 Å². The molecule has 164 valence electrons. The van der Waals surface area contributed by atoms with Gasteiger partial charge in [0.05, 0.1) is 29.9 Å². The fourth-order valence-electron chi connectivity index (χ4n) is 3.44. The summed E-state index contributed by atoms with van der Waals surface area (Å²) < 4.78 is 1.81. The quantitative estimate of drug-likeness (QED) is 0.429. The maximum Gasteiger partial charge on any atom is 0.230 e. The van der Waals surface area contributed by atoms with Crippen molar-refractivity contribution < 1.29 is 4.79 Å². The summed E-state index contributed by atoms with van der Waals surface area (Å²) in [7, 11) is 0. The number of benzene rings is 1. The van der Waals surface area contributed by atoms with Crippen LogP contribution in [0.15, 0.2) is 48.9 Å². The Morgan fingerprint density at radius 3 is 2.78 bits per heavy atom. The molecule has 32 heavy (non-hydrogen) atoms. The molecule has 0 spiro atoms. The van der Waals surface area contributed by atoms with E-state index in [-0.39, 0.29) is 18.4 Å². The molecule has 0 unspecified atom stereocenters. The highest BCUT2D eigenvalue weighted by Gasteiger charge is 2.13. The van der Waals surface area contributed by atoms with Gasteiger partial charge in [-0.3, -0.25) is 14.5 Å². The standard InChI is InChI=1S/C23H24ClN7O/c1-4-31-13-20-23(30-31)29-21(12-26-20)27-15(3)19-9-18(7-5-14(19)2)28-22(32)10-17-8-6-16(24)11-25-17/h5-9,11-13,15H,4,10H2,1-3H3,(H,28,32)(H,27,29,30)/t15-/m0/s1. The van der Waals surface area contributed by atoms with Gasteiger partial charge >= 0.3 is 0 Å². The summed E-state index contributed by atoms with van der Waals surface area (Å²) in [6, 6.07) is 9.27. The topological polar surface area (TPSA) is 97.6 Å². The zero-order valence-electron chi connectivity index (χ0n) is 18.1. The number of carbonyl (C=O) groups excluding carboxylic acids is 1. The van der Waals surface area contributed by atoms with Crippen LogP contribution in [0.5, 0.6) is 0 Å². The Balaban J connectivity index is 1.46. The van der Waals surface area contributed by atoms with Crippen molar-refractivity contribution in [2.24, 2.45) is 0 Å². The number of pyridine rings is 1. The smallest absolute Gasteiger partial charge is 0.230 e. The number of hydrogen-bond acceptors (Lipinski definition) is 6. The first-order valence-corrected chi connectivity index (χ1v) is 10.8. The second-order valence-electron chi connectivity index (χ2n) is 7.58. The van der Waals surface area contributed by atoms with Crippen LogP contribution in [-0.4, -0.2) is 30.6 Å². The molecule has 3 heterocycles. The molecule has 0 aliphatic rings. The Labute approximate surface area is 191 Å². The number of aromatic nitrogens is 5. The Bertz CT molecular complexity index is 1250. The van der Waals surface area contributed by atoms with Crippen molar-refractivity contribution in [2.75, 3.05) is 10.6 Å². The van der Waals surface area contributed by atoms with Crippen molar-refractivity contribution in [3.05, 3.63) is 70.8 Å². The van der Waals surface area contributed by atoms with E-state index < -0.39 is 0 Å². The molecule has 3 aromatic heterocycles. The van der Waals surface area contributed by atoms with Gasteiger partial charge in [0.2, 0.25) is 11.6 Å². The molecule has 0 radical (unpaired) electrons. The van der Waals surface area contributed by atoms with Crippen LogP contribution in [0.1, 0.15) is 36.7 Å². The molecule has 0 aliphatic carbocycles. The first-order valence-electron chi connectivity index (χ1n) is 10.4. The molecule has 1 aromatic carbocycles. The molecule has 0 aliphatic heterocycles. The lowest BCUT2D eigenvalue weighted by molar-refractivity contribution is -0.115. The van der Waals surface area contributed by atoms with E-state index in [0.717, 1.165) is 28.9 Å². The van der Waals surface area contributed by atoms with Gasteiger partial charge in [-0.1, -0.05) is 17.7 Å². The van der Waals surface area contributed by atoms with Gasteiger partial charge in [-0.25, -0.2) is 9.97 Å². The molecule has 0 bridgehead atoms. The summed E-state index contributed by atoms with van der Waals surface area (Å²) >= 11 is 5.85. The molecular formula is C23H24ClN7O. The lowest BCUT2D eigenvalue weighted by Crippen LogP contribution is -2.16. The van der Waals surface area contributed by atoms with Gasteiger partial charge < -0.3 is 10.6 Å². The van der Waals surface area contributed by atoms with E-state index in [1.54, 1.807) is 18.3 Å². The van der Waals surface area contributed by atoms with E-state index in [2.05, 4.69) is 30.7 Å². The van der Waals surface area contributed by atoms with E-state index in [4.69, 9.17) is 11.6 Å². The Morgan fingerprint density at radius 2 is 2.03 bits per heavy atom. The van der Waals surface area contributed by atoms with Crippen molar-refractivity contribution in [2.45, 2.75) is 39.8 Å². The number of amides is 1. The van der Waals surface area contributed by atoms with Crippen LogP contribution in [-0.2, 0) is 17.8 Å². The van der Waals surface area contributed by atoms with Crippen LogP contribution in [0.25, 0.3) is 11.2 Å². The van der Waals surface area contributed by atoms with Crippen molar-refractivity contribution in [1.82, 2.24) is 24.7 Å². The lowest BCUT2D eigenvalue weighted by Gasteiger charge is -2.18. The van der Waals surface area contributed by atoms with Crippen LogP contribution < -0.4 is 10.6 Å². The van der Waals surface area contributed by atoms with Gasteiger partial charge in [0.15, 0.2) is 0 Å². The minimum Gasteiger partial charge on any atom is -0.362 e. The Hall–Kier alpha value is -3.52. The Kier molecular flexibility index (Phi) is 6.32. The highest BCUT2D eigenvalue weighted by atomic mass is 35.5. The van der Waals surface area contributed by atoms with Gasteiger partial charge in [0, 0.05) is 24.1 Å². The van der Waals surface area contributed by atoms with E-state index in [1.807, 2.05) is 49.8 Å². The minimum absolute atomic E-state index is 0.0511. The highest BCUT2D eigenvalue weighted by Crippen LogP contribution is 2.25. The van der Waals surface area contributed by atoms with Crippen LogP contribution in [0.2, 0.25) is 5.02 Å². The van der Waals surface area contributed by atoms with Gasteiger partial charge in [-0.15, -0.1) is 0 Å². The van der Waals surface area contributed by atoms with Gasteiger partial charge in [0.25, 0.3) is 0 Å². The highest BCUT2D eigenvalue weighted by molar-refractivity contribution is 6.30. The van der Waals surface area contributed by atoms with E-state index in [0.29, 0.717) is 22.2 Å². The molecule has 8 nitrogen and oxygen atoms in total. The Morgan fingerprint density at radius 1 is 1.19 bits per heavy atom. The molecule has 2 N–H and O–H groups in total. The largest absolute Gasteiger partial charge is 0.362 e. The average molecular weight is 450 g/mol.